The lowest BCUT2D eigenvalue weighted by atomic mass is 9.99. The van der Waals surface area contributed by atoms with Crippen LogP contribution in [-0.4, -0.2) is 26.8 Å². The van der Waals surface area contributed by atoms with Crippen LogP contribution in [0.25, 0.3) is 0 Å². The van der Waals surface area contributed by atoms with Crippen molar-refractivity contribution in [2.24, 2.45) is 0 Å². The quantitative estimate of drug-likeness (QED) is 0.903. The van der Waals surface area contributed by atoms with Gasteiger partial charge in [0, 0.05) is 18.8 Å². The van der Waals surface area contributed by atoms with E-state index in [1.807, 2.05) is 19.2 Å². The lowest BCUT2D eigenvalue weighted by molar-refractivity contribution is 0.133. The Labute approximate surface area is 106 Å². The highest BCUT2D eigenvalue weighted by atomic mass is 16.5. The first-order valence-electron chi connectivity index (χ1n) is 6.48. The number of hydrogen-bond donors (Lipinski definition) is 1. The number of hydrogen-bond acceptors (Lipinski definition) is 4. The molecule has 5 nitrogen and oxygen atoms in total. The van der Waals surface area contributed by atoms with E-state index < -0.39 is 0 Å². The average Bonchev–Trinajstić information content (AvgIpc) is 3.02. The number of piperidine rings is 1. The van der Waals surface area contributed by atoms with E-state index in [2.05, 4.69) is 26.3 Å². The predicted octanol–water partition coefficient (Wildman–Crippen LogP) is 2.43. The van der Waals surface area contributed by atoms with Crippen molar-refractivity contribution >= 4 is 0 Å². The van der Waals surface area contributed by atoms with Crippen molar-refractivity contribution in [3.05, 3.63) is 35.5 Å². The van der Waals surface area contributed by atoms with Crippen molar-refractivity contribution in [1.29, 1.82) is 0 Å². The molecule has 2 aromatic rings. The van der Waals surface area contributed by atoms with Gasteiger partial charge >= 0.3 is 0 Å². The molecule has 0 radical (unpaired) electrons. The third-order valence-corrected chi connectivity index (χ3v) is 3.54. The van der Waals surface area contributed by atoms with Crippen LogP contribution in [-0.2, 0) is 6.54 Å². The Kier molecular flexibility index (Phi) is 3.15. The van der Waals surface area contributed by atoms with Crippen LogP contribution in [0.3, 0.4) is 0 Å². The number of H-pyrrole nitrogens is 1. The van der Waals surface area contributed by atoms with Crippen molar-refractivity contribution < 1.29 is 4.52 Å². The summed E-state index contributed by atoms with van der Waals surface area (Å²) in [7, 11) is 0. The van der Waals surface area contributed by atoms with Crippen molar-refractivity contribution in [2.75, 3.05) is 6.54 Å². The molecule has 3 heterocycles. The van der Waals surface area contributed by atoms with Crippen LogP contribution in [0.4, 0.5) is 0 Å². The molecule has 0 bridgehead atoms. The SMILES string of the molecule is Cc1cc(CN2CCCC[C@@H]2c2ccn[nH]2)no1. The number of likely N-dealkylation sites (tertiary alicyclic amines) is 1. The molecule has 0 spiro atoms. The summed E-state index contributed by atoms with van der Waals surface area (Å²) in [6.07, 6.45) is 5.53. The summed E-state index contributed by atoms with van der Waals surface area (Å²) in [6, 6.07) is 4.51. The molecule has 96 valence electrons. The number of nitrogens with zero attached hydrogens (tertiary/aromatic N) is 3. The number of aryl methyl sites for hydroxylation is 1. The molecule has 0 aliphatic carbocycles. The van der Waals surface area contributed by atoms with E-state index in [0.29, 0.717) is 6.04 Å². The van der Waals surface area contributed by atoms with Gasteiger partial charge in [0.2, 0.25) is 0 Å². The first-order chi connectivity index (χ1) is 8.83. The lowest BCUT2D eigenvalue weighted by Crippen LogP contribution is -2.33. The molecular formula is C13H18N4O. The molecule has 5 heteroatoms. The molecule has 1 N–H and O–H groups in total. The fourth-order valence-corrected chi connectivity index (χ4v) is 2.69. The van der Waals surface area contributed by atoms with E-state index in [4.69, 9.17) is 4.52 Å². The summed E-state index contributed by atoms with van der Waals surface area (Å²) in [5.74, 6) is 0.875. The van der Waals surface area contributed by atoms with Crippen LogP contribution < -0.4 is 0 Å². The first-order valence-corrected chi connectivity index (χ1v) is 6.48. The number of rotatable bonds is 3. The zero-order chi connectivity index (χ0) is 12.4. The Balaban J connectivity index is 1.76. The van der Waals surface area contributed by atoms with Crippen molar-refractivity contribution in [3.8, 4) is 0 Å². The minimum Gasteiger partial charge on any atom is -0.361 e. The van der Waals surface area contributed by atoms with Gasteiger partial charge in [0.15, 0.2) is 0 Å². The monoisotopic (exact) mass is 246 g/mol. The van der Waals surface area contributed by atoms with Crippen molar-refractivity contribution in [3.63, 3.8) is 0 Å². The van der Waals surface area contributed by atoms with Gasteiger partial charge in [-0.1, -0.05) is 11.6 Å². The highest BCUT2D eigenvalue weighted by Crippen LogP contribution is 2.30. The molecule has 0 saturated carbocycles. The van der Waals surface area contributed by atoms with E-state index in [0.717, 1.165) is 24.5 Å². The molecule has 2 aromatic heterocycles. The Morgan fingerprint density at radius 1 is 1.50 bits per heavy atom. The second-order valence-corrected chi connectivity index (χ2v) is 4.92. The van der Waals surface area contributed by atoms with Gasteiger partial charge in [-0.2, -0.15) is 5.10 Å². The average molecular weight is 246 g/mol. The van der Waals surface area contributed by atoms with Gasteiger partial charge in [-0.15, -0.1) is 0 Å². The maximum Gasteiger partial charge on any atom is 0.133 e. The number of aromatic nitrogens is 3. The third kappa shape index (κ3) is 2.31. The molecule has 18 heavy (non-hydrogen) atoms. The Bertz CT molecular complexity index is 491. The van der Waals surface area contributed by atoms with Crippen molar-refractivity contribution in [1.82, 2.24) is 20.3 Å². The summed E-state index contributed by atoms with van der Waals surface area (Å²) in [5, 5.41) is 11.2. The van der Waals surface area contributed by atoms with E-state index in [1.165, 1.54) is 25.0 Å². The smallest absolute Gasteiger partial charge is 0.133 e. The summed E-state index contributed by atoms with van der Waals surface area (Å²) in [6.45, 7) is 3.88. The van der Waals surface area contributed by atoms with E-state index >= 15 is 0 Å². The maximum atomic E-state index is 5.14. The van der Waals surface area contributed by atoms with Gasteiger partial charge in [-0.05, 0) is 32.4 Å². The van der Waals surface area contributed by atoms with Gasteiger partial charge in [-0.25, -0.2) is 0 Å². The fourth-order valence-electron chi connectivity index (χ4n) is 2.69. The van der Waals surface area contributed by atoms with E-state index in [-0.39, 0.29) is 0 Å². The Hall–Kier alpha value is -1.62. The first kappa shape index (κ1) is 11.5. The largest absolute Gasteiger partial charge is 0.361 e. The molecule has 1 aliphatic rings. The van der Waals surface area contributed by atoms with Crippen LogP contribution in [0.2, 0.25) is 0 Å². The summed E-state index contributed by atoms with van der Waals surface area (Å²) in [4.78, 5) is 2.45. The molecule has 1 atom stereocenters. The second-order valence-electron chi connectivity index (χ2n) is 4.92. The zero-order valence-corrected chi connectivity index (χ0v) is 10.6. The van der Waals surface area contributed by atoms with Crippen LogP contribution in [0.15, 0.2) is 22.9 Å². The fraction of sp³-hybridized carbons (Fsp3) is 0.538. The minimum absolute atomic E-state index is 0.429. The predicted molar refractivity (Wildman–Crippen MR) is 66.8 cm³/mol. The topological polar surface area (TPSA) is 58.0 Å². The Morgan fingerprint density at radius 2 is 2.44 bits per heavy atom. The zero-order valence-electron chi connectivity index (χ0n) is 10.6. The van der Waals surface area contributed by atoms with Crippen molar-refractivity contribution in [2.45, 2.75) is 38.8 Å². The van der Waals surface area contributed by atoms with E-state index in [9.17, 15) is 0 Å². The third-order valence-electron chi connectivity index (χ3n) is 3.54. The molecule has 1 fully saturated rings. The normalized spacial score (nSPS) is 21.3. The second kappa shape index (κ2) is 4.94. The van der Waals surface area contributed by atoms with Crippen LogP contribution in [0, 0.1) is 6.92 Å². The lowest BCUT2D eigenvalue weighted by Gasteiger charge is -2.34. The molecular weight excluding hydrogens is 228 g/mol. The maximum absolute atomic E-state index is 5.14. The molecule has 0 amide bonds. The van der Waals surface area contributed by atoms with Crippen LogP contribution in [0.1, 0.15) is 42.5 Å². The molecule has 0 unspecified atom stereocenters. The van der Waals surface area contributed by atoms with Crippen LogP contribution >= 0.6 is 0 Å². The standard InChI is InChI=1S/C13H18N4O/c1-10-8-11(16-18-10)9-17-7-3-2-4-13(17)12-5-6-14-15-12/h5-6,8,13H,2-4,7,9H2,1H3,(H,14,15)/t13-/m1/s1. The Morgan fingerprint density at radius 3 is 3.17 bits per heavy atom. The summed E-state index contributed by atoms with van der Waals surface area (Å²) in [5.41, 5.74) is 2.22. The van der Waals surface area contributed by atoms with Crippen LogP contribution in [0.5, 0.6) is 0 Å². The van der Waals surface area contributed by atoms with Gasteiger partial charge in [-0.3, -0.25) is 10.00 Å². The van der Waals surface area contributed by atoms with Gasteiger partial charge in [0.25, 0.3) is 0 Å². The minimum atomic E-state index is 0.429. The highest BCUT2D eigenvalue weighted by Gasteiger charge is 2.25. The molecule has 3 rings (SSSR count). The number of aromatic amines is 1. The van der Waals surface area contributed by atoms with Gasteiger partial charge in [0.05, 0.1) is 17.4 Å². The van der Waals surface area contributed by atoms with Gasteiger partial charge < -0.3 is 4.52 Å². The summed E-state index contributed by atoms with van der Waals surface area (Å²) >= 11 is 0. The van der Waals surface area contributed by atoms with Gasteiger partial charge in [0.1, 0.15) is 5.76 Å². The summed E-state index contributed by atoms with van der Waals surface area (Å²) < 4.78 is 5.14. The molecule has 0 aromatic carbocycles. The van der Waals surface area contributed by atoms with E-state index in [1.54, 1.807) is 0 Å². The highest BCUT2D eigenvalue weighted by molar-refractivity contribution is 5.09. The molecule has 1 aliphatic heterocycles. The number of nitrogens with one attached hydrogen (secondary N) is 1. The molecule has 1 saturated heterocycles.